The molecule has 0 bridgehead atoms. The zero-order valence-electron chi connectivity index (χ0n) is 15.8. The van der Waals surface area contributed by atoms with Crippen LogP contribution in [0.25, 0.3) is 0 Å². The third-order valence-corrected chi connectivity index (χ3v) is 6.86. The average Bonchev–Trinajstić information content (AvgIpc) is 3.24. The number of hydrogen-bond donors (Lipinski definition) is 0. The third-order valence-electron chi connectivity index (χ3n) is 5.46. The van der Waals surface area contributed by atoms with Gasteiger partial charge in [-0.25, -0.2) is 0 Å². The largest absolute Gasteiger partial charge is 0.484 e. The molecule has 0 N–H and O–H groups in total. The van der Waals surface area contributed by atoms with Gasteiger partial charge in [0.25, 0.3) is 5.91 Å². The van der Waals surface area contributed by atoms with E-state index in [9.17, 15) is 4.79 Å². The van der Waals surface area contributed by atoms with E-state index in [-0.39, 0.29) is 12.5 Å². The molecular weight excluding hydrogens is 396 g/mol. The topological polar surface area (TPSA) is 58.6 Å². The molecule has 0 radical (unpaired) electrons. The number of aromatic nitrogens is 2. The fourth-order valence-corrected chi connectivity index (χ4v) is 4.97. The van der Waals surface area contributed by atoms with E-state index in [0.29, 0.717) is 29.8 Å². The molecule has 8 heteroatoms. The van der Waals surface area contributed by atoms with Gasteiger partial charge in [-0.05, 0) is 37.1 Å². The number of nitrogens with zero attached hydrogens (tertiary/aromatic N) is 4. The molecule has 2 heterocycles. The fraction of sp³-hybridized carbons (Fsp3) is 0.550. The number of hydrogen-bond acceptors (Lipinski definition) is 6. The maximum atomic E-state index is 12.4. The van der Waals surface area contributed by atoms with E-state index in [1.54, 1.807) is 35.6 Å². The first-order chi connectivity index (χ1) is 13.7. The van der Waals surface area contributed by atoms with Crippen molar-refractivity contribution in [3.05, 3.63) is 34.3 Å². The molecule has 2 fully saturated rings. The van der Waals surface area contributed by atoms with Crippen LogP contribution in [0.1, 0.15) is 43.0 Å². The Labute approximate surface area is 174 Å². The zero-order chi connectivity index (χ0) is 19.3. The minimum atomic E-state index is 0.00904. The van der Waals surface area contributed by atoms with Crippen LogP contribution >= 0.6 is 22.9 Å². The van der Waals surface area contributed by atoms with Crippen molar-refractivity contribution in [1.82, 2.24) is 15.1 Å². The number of carbonyl (C=O) groups excluding carboxylic acids is 1. The minimum absolute atomic E-state index is 0.00904. The van der Waals surface area contributed by atoms with Gasteiger partial charge >= 0.3 is 0 Å². The SMILES string of the molecule is O=C(COc1ccc(Cl)cc1)N1CCN(c2nnc(C3CCCCC3)s2)CC1. The Morgan fingerprint density at radius 1 is 1.07 bits per heavy atom. The standard InChI is InChI=1S/C20H25ClN4O2S/c21-16-6-8-17(9-7-16)27-14-18(26)24-10-12-25(13-11-24)20-23-22-19(28-20)15-4-2-1-3-5-15/h6-9,15H,1-5,10-14H2. The van der Waals surface area contributed by atoms with Crippen molar-refractivity contribution in [2.75, 3.05) is 37.7 Å². The molecule has 0 atom stereocenters. The van der Waals surface area contributed by atoms with Crippen LogP contribution in [0.5, 0.6) is 5.75 Å². The summed E-state index contributed by atoms with van der Waals surface area (Å²) in [5.41, 5.74) is 0. The first-order valence-corrected chi connectivity index (χ1v) is 11.1. The van der Waals surface area contributed by atoms with Gasteiger partial charge in [0.15, 0.2) is 6.61 Å². The number of piperazine rings is 1. The van der Waals surface area contributed by atoms with Crippen LogP contribution < -0.4 is 9.64 Å². The maximum absolute atomic E-state index is 12.4. The molecule has 4 rings (SSSR count). The lowest BCUT2D eigenvalue weighted by Gasteiger charge is -2.34. The second-order valence-electron chi connectivity index (χ2n) is 7.37. The highest BCUT2D eigenvalue weighted by atomic mass is 35.5. The summed E-state index contributed by atoms with van der Waals surface area (Å²) >= 11 is 7.59. The van der Waals surface area contributed by atoms with Crippen LogP contribution in [0.4, 0.5) is 5.13 Å². The summed E-state index contributed by atoms with van der Waals surface area (Å²) in [6.45, 7) is 2.98. The van der Waals surface area contributed by atoms with Crippen molar-refractivity contribution in [2.45, 2.75) is 38.0 Å². The van der Waals surface area contributed by atoms with Crippen molar-refractivity contribution in [3.8, 4) is 5.75 Å². The normalized spacial score (nSPS) is 18.3. The summed E-state index contributed by atoms with van der Waals surface area (Å²) in [4.78, 5) is 16.5. The van der Waals surface area contributed by atoms with Crippen molar-refractivity contribution < 1.29 is 9.53 Å². The molecule has 0 unspecified atom stereocenters. The van der Waals surface area contributed by atoms with E-state index in [2.05, 4.69) is 15.1 Å². The molecule has 1 saturated heterocycles. The van der Waals surface area contributed by atoms with Gasteiger partial charge < -0.3 is 14.5 Å². The van der Waals surface area contributed by atoms with Crippen molar-refractivity contribution in [3.63, 3.8) is 0 Å². The Kier molecular flexibility index (Phi) is 6.32. The van der Waals surface area contributed by atoms with Crippen molar-refractivity contribution >= 4 is 34.0 Å². The van der Waals surface area contributed by atoms with E-state index in [1.165, 1.54) is 37.1 Å². The van der Waals surface area contributed by atoms with Gasteiger partial charge in [-0.1, -0.05) is 42.2 Å². The van der Waals surface area contributed by atoms with Gasteiger partial charge in [-0.2, -0.15) is 0 Å². The highest BCUT2D eigenvalue weighted by Gasteiger charge is 2.25. The summed E-state index contributed by atoms with van der Waals surface area (Å²) in [6, 6.07) is 7.05. The number of halogens is 1. The lowest BCUT2D eigenvalue weighted by Crippen LogP contribution is -2.50. The second-order valence-corrected chi connectivity index (χ2v) is 8.79. The Balaban J connectivity index is 1.25. The van der Waals surface area contributed by atoms with Crippen molar-refractivity contribution in [2.24, 2.45) is 0 Å². The number of benzene rings is 1. The Hall–Kier alpha value is -1.86. The van der Waals surface area contributed by atoms with Crippen LogP contribution in [0, 0.1) is 0 Å². The smallest absolute Gasteiger partial charge is 0.260 e. The molecule has 1 amide bonds. The lowest BCUT2D eigenvalue weighted by atomic mass is 9.90. The summed E-state index contributed by atoms with van der Waals surface area (Å²) in [6.07, 6.45) is 6.44. The summed E-state index contributed by atoms with van der Waals surface area (Å²) < 4.78 is 5.57. The van der Waals surface area contributed by atoms with Gasteiger partial charge in [0.1, 0.15) is 10.8 Å². The molecule has 1 saturated carbocycles. The van der Waals surface area contributed by atoms with Crippen LogP contribution in [0.15, 0.2) is 24.3 Å². The zero-order valence-corrected chi connectivity index (χ0v) is 17.4. The molecular formula is C20H25ClN4O2S. The van der Waals surface area contributed by atoms with Crippen LogP contribution in [0.3, 0.4) is 0 Å². The van der Waals surface area contributed by atoms with Gasteiger partial charge in [-0.3, -0.25) is 4.79 Å². The Morgan fingerprint density at radius 3 is 2.50 bits per heavy atom. The Bertz CT molecular complexity index is 784. The van der Waals surface area contributed by atoms with E-state index >= 15 is 0 Å². The number of anilines is 1. The van der Waals surface area contributed by atoms with Gasteiger partial charge in [0, 0.05) is 37.1 Å². The molecule has 2 aromatic rings. The van der Waals surface area contributed by atoms with Crippen LogP contribution in [-0.4, -0.2) is 53.8 Å². The minimum Gasteiger partial charge on any atom is -0.484 e. The highest BCUT2D eigenvalue weighted by molar-refractivity contribution is 7.15. The van der Waals surface area contributed by atoms with Crippen LogP contribution in [0.2, 0.25) is 5.02 Å². The fourth-order valence-electron chi connectivity index (χ4n) is 3.78. The Morgan fingerprint density at radius 2 is 1.79 bits per heavy atom. The van der Waals surface area contributed by atoms with Gasteiger partial charge in [0.05, 0.1) is 0 Å². The second kappa shape index (κ2) is 9.09. The maximum Gasteiger partial charge on any atom is 0.260 e. The van der Waals surface area contributed by atoms with Gasteiger partial charge in [-0.15, -0.1) is 10.2 Å². The van der Waals surface area contributed by atoms with Crippen molar-refractivity contribution in [1.29, 1.82) is 0 Å². The molecule has 150 valence electrons. The number of carbonyl (C=O) groups is 1. The number of ether oxygens (including phenoxy) is 1. The molecule has 0 spiro atoms. The predicted molar refractivity (Wildman–Crippen MR) is 111 cm³/mol. The highest BCUT2D eigenvalue weighted by Crippen LogP contribution is 2.36. The molecule has 1 aliphatic carbocycles. The average molecular weight is 421 g/mol. The monoisotopic (exact) mass is 420 g/mol. The van der Waals surface area contributed by atoms with E-state index in [0.717, 1.165) is 18.2 Å². The van der Waals surface area contributed by atoms with E-state index in [1.807, 2.05) is 4.90 Å². The first-order valence-electron chi connectivity index (χ1n) is 9.93. The molecule has 1 aliphatic heterocycles. The summed E-state index contributed by atoms with van der Waals surface area (Å²) in [7, 11) is 0. The summed E-state index contributed by atoms with van der Waals surface area (Å²) in [5, 5.41) is 11.7. The molecule has 2 aliphatic rings. The van der Waals surface area contributed by atoms with Gasteiger partial charge in [0.2, 0.25) is 5.13 Å². The summed E-state index contributed by atoms with van der Waals surface area (Å²) in [5.74, 6) is 1.25. The molecule has 1 aromatic heterocycles. The third kappa shape index (κ3) is 4.75. The molecule has 28 heavy (non-hydrogen) atoms. The quantitative estimate of drug-likeness (QED) is 0.732. The lowest BCUT2D eigenvalue weighted by molar-refractivity contribution is -0.133. The van der Waals surface area contributed by atoms with E-state index in [4.69, 9.17) is 16.3 Å². The number of amides is 1. The predicted octanol–water partition coefficient (Wildman–Crippen LogP) is 3.97. The van der Waals surface area contributed by atoms with E-state index < -0.39 is 0 Å². The first kappa shape index (κ1) is 19.5. The molecule has 1 aromatic carbocycles. The molecule has 6 nitrogen and oxygen atoms in total. The number of rotatable bonds is 5. The van der Waals surface area contributed by atoms with Crippen LogP contribution in [-0.2, 0) is 4.79 Å².